The van der Waals surface area contributed by atoms with Crippen molar-refractivity contribution in [2.45, 2.75) is 19.9 Å². The Kier molecular flexibility index (Phi) is 3.88. The van der Waals surface area contributed by atoms with Crippen LogP contribution in [-0.4, -0.2) is 10.9 Å². The van der Waals surface area contributed by atoms with Crippen LogP contribution in [0.2, 0.25) is 0 Å². The summed E-state index contributed by atoms with van der Waals surface area (Å²) in [5, 5.41) is 3.95. The summed E-state index contributed by atoms with van der Waals surface area (Å²) in [6, 6.07) is 17.4. The molecular weight excluding hydrogens is 272 g/mol. The summed E-state index contributed by atoms with van der Waals surface area (Å²) in [7, 11) is 0. The number of aryl methyl sites for hydroxylation is 1. The highest BCUT2D eigenvalue weighted by atomic mass is 16.1. The van der Waals surface area contributed by atoms with E-state index in [1.165, 1.54) is 5.56 Å². The van der Waals surface area contributed by atoms with Crippen molar-refractivity contribution in [2.24, 2.45) is 0 Å². The van der Waals surface area contributed by atoms with Crippen LogP contribution in [0.25, 0.3) is 10.9 Å². The maximum Gasteiger partial charge on any atom is 0.252 e. The zero-order chi connectivity index (χ0) is 15.5. The van der Waals surface area contributed by atoms with Gasteiger partial charge in [-0.3, -0.25) is 9.78 Å². The first-order valence-corrected chi connectivity index (χ1v) is 7.37. The van der Waals surface area contributed by atoms with Gasteiger partial charge in [-0.05, 0) is 43.2 Å². The first-order chi connectivity index (χ1) is 10.7. The molecule has 3 aromatic rings. The summed E-state index contributed by atoms with van der Waals surface area (Å²) < 4.78 is 0. The Hall–Kier alpha value is -2.68. The fraction of sp³-hybridized carbons (Fsp3) is 0.158. The maximum absolute atomic E-state index is 12.6. The summed E-state index contributed by atoms with van der Waals surface area (Å²) in [6.45, 7) is 4.06. The SMILES string of the molecule is Cc1ccccc1C(C)NC(=O)c1cccc2ncccc12. The lowest BCUT2D eigenvalue weighted by molar-refractivity contribution is 0.0941. The first kappa shape index (κ1) is 14.3. The van der Waals surface area contributed by atoms with E-state index < -0.39 is 0 Å². The zero-order valence-electron chi connectivity index (χ0n) is 12.7. The van der Waals surface area contributed by atoms with E-state index in [2.05, 4.69) is 23.3 Å². The molecule has 1 atom stereocenters. The van der Waals surface area contributed by atoms with E-state index in [9.17, 15) is 4.79 Å². The minimum Gasteiger partial charge on any atom is -0.345 e. The second-order valence-corrected chi connectivity index (χ2v) is 5.43. The van der Waals surface area contributed by atoms with Crippen LogP contribution in [0.5, 0.6) is 0 Å². The van der Waals surface area contributed by atoms with Gasteiger partial charge in [0.1, 0.15) is 0 Å². The lowest BCUT2D eigenvalue weighted by Crippen LogP contribution is -2.27. The molecule has 1 amide bonds. The number of nitrogens with one attached hydrogen (secondary N) is 1. The highest BCUT2D eigenvalue weighted by Gasteiger charge is 2.15. The Bertz CT molecular complexity index is 821. The van der Waals surface area contributed by atoms with Crippen LogP contribution >= 0.6 is 0 Å². The average molecular weight is 290 g/mol. The van der Waals surface area contributed by atoms with Crippen LogP contribution in [0.1, 0.15) is 34.5 Å². The van der Waals surface area contributed by atoms with Gasteiger partial charge in [0.2, 0.25) is 0 Å². The van der Waals surface area contributed by atoms with Crippen molar-refractivity contribution < 1.29 is 4.79 Å². The summed E-state index contributed by atoms with van der Waals surface area (Å²) in [5.41, 5.74) is 3.80. The van der Waals surface area contributed by atoms with Gasteiger partial charge in [0.25, 0.3) is 5.91 Å². The van der Waals surface area contributed by atoms with E-state index in [0.717, 1.165) is 16.5 Å². The van der Waals surface area contributed by atoms with Crippen molar-refractivity contribution in [3.8, 4) is 0 Å². The molecule has 0 aliphatic carbocycles. The molecule has 1 aromatic heterocycles. The maximum atomic E-state index is 12.6. The van der Waals surface area contributed by atoms with Crippen molar-refractivity contribution in [1.29, 1.82) is 0 Å². The van der Waals surface area contributed by atoms with Gasteiger partial charge in [0.05, 0.1) is 11.6 Å². The molecule has 3 nitrogen and oxygen atoms in total. The molecule has 0 spiro atoms. The highest BCUT2D eigenvalue weighted by molar-refractivity contribution is 6.06. The quantitative estimate of drug-likeness (QED) is 0.791. The topological polar surface area (TPSA) is 42.0 Å². The summed E-state index contributed by atoms with van der Waals surface area (Å²) in [6.07, 6.45) is 1.74. The van der Waals surface area contributed by atoms with Crippen molar-refractivity contribution in [2.75, 3.05) is 0 Å². The fourth-order valence-electron chi connectivity index (χ4n) is 2.73. The largest absolute Gasteiger partial charge is 0.345 e. The lowest BCUT2D eigenvalue weighted by Gasteiger charge is -2.17. The molecule has 3 rings (SSSR count). The van der Waals surface area contributed by atoms with Crippen molar-refractivity contribution in [3.63, 3.8) is 0 Å². The van der Waals surface area contributed by atoms with Crippen molar-refractivity contribution in [1.82, 2.24) is 10.3 Å². The molecule has 0 aliphatic heterocycles. The number of carbonyl (C=O) groups excluding carboxylic acids is 1. The molecule has 0 fully saturated rings. The fourth-order valence-corrected chi connectivity index (χ4v) is 2.73. The van der Waals surface area contributed by atoms with Gasteiger partial charge in [-0.25, -0.2) is 0 Å². The predicted octanol–water partition coefficient (Wildman–Crippen LogP) is 4.03. The number of pyridine rings is 1. The van der Waals surface area contributed by atoms with E-state index in [1.54, 1.807) is 6.20 Å². The second kappa shape index (κ2) is 5.98. The van der Waals surface area contributed by atoms with Crippen molar-refractivity contribution in [3.05, 3.63) is 77.5 Å². The zero-order valence-corrected chi connectivity index (χ0v) is 12.7. The Morgan fingerprint density at radius 3 is 2.68 bits per heavy atom. The molecule has 2 aromatic carbocycles. The van der Waals surface area contributed by atoms with Gasteiger partial charge >= 0.3 is 0 Å². The Morgan fingerprint density at radius 1 is 1.05 bits per heavy atom. The van der Waals surface area contributed by atoms with Gasteiger partial charge in [-0.1, -0.05) is 36.4 Å². The van der Waals surface area contributed by atoms with E-state index in [1.807, 2.05) is 55.5 Å². The van der Waals surface area contributed by atoms with Crippen LogP contribution in [-0.2, 0) is 0 Å². The Labute approximate surface area is 130 Å². The third kappa shape index (κ3) is 2.70. The third-order valence-corrected chi connectivity index (χ3v) is 3.89. The molecule has 0 aliphatic rings. The predicted molar refractivity (Wildman–Crippen MR) is 88.8 cm³/mol. The Morgan fingerprint density at radius 2 is 1.86 bits per heavy atom. The number of hydrogen-bond donors (Lipinski definition) is 1. The summed E-state index contributed by atoms with van der Waals surface area (Å²) >= 11 is 0. The van der Waals surface area contributed by atoms with Gasteiger partial charge in [-0.15, -0.1) is 0 Å². The minimum absolute atomic E-state index is 0.0411. The number of amides is 1. The number of aromatic nitrogens is 1. The molecule has 1 heterocycles. The van der Waals surface area contributed by atoms with Gasteiger partial charge in [0.15, 0.2) is 0 Å². The monoisotopic (exact) mass is 290 g/mol. The molecule has 0 bridgehead atoms. The van der Waals surface area contributed by atoms with Crippen molar-refractivity contribution >= 4 is 16.8 Å². The molecule has 1 N–H and O–H groups in total. The van der Waals surface area contributed by atoms with E-state index >= 15 is 0 Å². The van der Waals surface area contributed by atoms with E-state index in [-0.39, 0.29) is 11.9 Å². The van der Waals surface area contributed by atoms with Crippen LogP contribution in [0, 0.1) is 6.92 Å². The molecule has 0 saturated heterocycles. The molecule has 110 valence electrons. The van der Waals surface area contributed by atoms with Crippen LogP contribution in [0.4, 0.5) is 0 Å². The standard InChI is InChI=1S/C19H18N2O/c1-13-7-3-4-8-15(13)14(2)21-19(22)17-9-5-11-18-16(17)10-6-12-20-18/h3-12,14H,1-2H3,(H,21,22). The van der Waals surface area contributed by atoms with Gasteiger partial charge < -0.3 is 5.32 Å². The summed E-state index contributed by atoms with van der Waals surface area (Å²) in [5.74, 6) is -0.0747. The number of hydrogen-bond acceptors (Lipinski definition) is 2. The number of carbonyl (C=O) groups is 1. The Balaban J connectivity index is 1.89. The summed E-state index contributed by atoms with van der Waals surface area (Å²) in [4.78, 5) is 16.9. The van der Waals surface area contributed by atoms with Gasteiger partial charge in [-0.2, -0.15) is 0 Å². The normalized spacial score (nSPS) is 12.1. The molecule has 0 saturated carbocycles. The highest BCUT2D eigenvalue weighted by Crippen LogP contribution is 2.20. The molecule has 3 heteroatoms. The second-order valence-electron chi connectivity index (χ2n) is 5.43. The molecule has 1 unspecified atom stereocenters. The van der Waals surface area contributed by atoms with Crippen LogP contribution < -0.4 is 5.32 Å². The number of rotatable bonds is 3. The first-order valence-electron chi connectivity index (χ1n) is 7.37. The molecular formula is C19H18N2O. The van der Waals surface area contributed by atoms with E-state index in [4.69, 9.17) is 0 Å². The molecule has 0 radical (unpaired) electrons. The van der Waals surface area contributed by atoms with Gasteiger partial charge in [0, 0.05) is 17.1 Å². The smallest absolute Gasteiger partial charge is 0.252 e. The molecule has 22 heavy (non-hydrogen) atoms. The third-order valence-electron chi connectivity index (χ3n) is 3.89. The number of benzene rings is 2. The van der Waals surface area contributed by atoms with Crippen LogP contribution in [0.15, 0.2) is 60.8 Å². The number of nitrogens with zero attached hydrogens (tertiary/aromatic N) is 1. The minimum atomic E-state index is -0.0747. The average Bonchev–Trinajstić information content (AvgIpc) is 2.54. The van der Waals surface area contributed by atoms with E-state index in [0.29, 0.717) is 5.56 Å². The van der Waals surface area contributed by atoms with Crippen LogP contribution in [0.3, 0.4) is 0 Å². The lowest BCUT2D eigenvalue weighted by atomic mass is 10.0. The number of fused-ring (bicyclic) bond motifs is 1.